The van der Waals surface area contributed by atoms with Crippen molar-refractivity contribution in [3.05, 3.63) is 54.1 Å². The van der Waals surface area contributed by atoms with Crippen LogP contribution in [0.2, 0.25) is 0 Å². The number of nitrogens with zero attached hydrogens (tertiary/aromatic N) is 1. The molecule has 0 radical (unpaired) electrons. The monoisotopic (exact) mass is 332 g/mol. The molecule has 4 aliphatic carbocycles. The van der Waals surface area contributed by atoms with Gasteiger partial charge in [0.05, 0.1) is 11.4 Å². The maximum atomic E-state index is 6.15. The largest absolute Gasteiger partial charge is 0.397 e. The minimum Gasteiger partial charge on any atom is -0.397 e. The number of benzene rings is 2. The van der Waals surface area contributed by atoms with Crippen LogP contribution < -0.4 is 10.6 Å². The van der Waals surface area contributed by atoms with Crippen LogP contribution in [-0.4, -0.2) is 7.05 Å². The second kappa shape index (κ2) is 5.52. The van der Waals surface area contributed by atoms with Crippen molar-refractivity contribution in [2.24, 2.45) is 17.8 Å². The Morgan fingerprint density at radius 3 is 1.96 bits per heavy atom. The Morgan fingerprint density at radius 2 is 1.40 bits per heavy atom. The maximum Gasteiger partial charge on any atom is 0.0641 e. The highest BCUT2D eigenvalue weighted by molar-refractivity contribution is 5.74. The summed E-state index contributed by atoms with van der Waals surface area (Å²) in [6, 6.07) is 17.5. The molecule has 2 heteroatoms. The van der Waals surface area contributed by atoms with Crippen LogP contribution >= 0.6 is 0 Å². The highest BCUT2D eigenvalue weighted by atomic mass is 15.1. The summed E-state index contributed by atoms with van der Waals surface area (Å²) in [4.78, 5) is 2.19. The minimum atomic E-state index is 0.484. The van der Waals surface area contributed by atoms with E-state index in [9.17, 15) is 0 Å². The van der Waals surface area contributed by atoms with Crippen LogP contribution in [0, 0.1) is 17.8 Å². The van der Waals surface area contributed by atoms with E-state index in [1.54, 1.807) is 5.56 Å². The van der Waals surface area contributed by atoms with Crippen LogP contribution in [0.4, 0.5) is 17.1 Å². The first-order chi connectivity index (χ1) is 12.1. The molecule has 0 heterocycles. The van der Waals surface area contributed by atoms with Gasteiger partial charge in [0.1, 0.15) is 0 Å². The van der Waals surface area contributed by atoms with Gasteiger partial charge in [-0.2, -0.15) is 0 Å². The maximum absolute atomic E-state index is 6.15. The molecule has 25 heavy (non-hydrogen) atoms. The van der Waals surface area contributed by atoms with Gasteiger partial charge in [-0.25, -0.2) is 0 Å². The van der Waals surface area contributed by atoms with E-state index in [4.69, 9.17) is 5.73 Å². The van der Waals surface area contributed by atoms with Crippen molar-refractivity contribution in [1.82, 2.24) is 0 Å². The SMILES string of the molecule is CN(c1ccc(C23CC4CC(CC(C4)C2)C3)cc1)c1ccccc1N. The Morgan fingerprint density at radius 1 is 0.840 bits per heavy atom. The number of hydrogen-bond acceptors (Lipinski definition) is 2. The van der Waals surface area contributed by atoms with Crippen LogP contribution in [-0.2, 0) is 5.41 Å². The fourth-order valence-corrected chi connectivity index (χ4v) is 6.43. The van der Waals surface area contributed by atoms with Gasteiger partial charge in [0.25, 0.3) is 0 Å². The van der Waals surface area contributed by atoms with Crippen molar-refractivity contribution >= 4 is 17.1 Å². The zero-order valence-corrected chi connectivity index (χ0v) is 15.1. The Hall–Kier alpha value is -1.96. The molecule has 0 atom stereocenters. The first kappa shape index (κ1) is 15.3. The molecule has 2 N–H and O–H groups in total. The molecule has 4 bridgehead atoms. The summed E-state index contributed by atoms with van der Waals surface area (Å²) < 4.78 is 0. The molecule has 0 aromatic heterocycles. The second-order valence-corrected chi connectivity index (χ2v) is 8.86. The van der Waals surface area contributed by atoms with Gasteiger partial charge in [-0.3, -0.25) is 0 Å². The third-order valence-corrected chi connectivity index (χ3v) is 7.20. The lowest BCUT2D eigenvalue weighted by Crippen LogP contribution is -2.48. The smallest absolute Gasteiger partial charge is 0.0641 e. The van der Waals surface area contributed by atoms with E-state index in [-0.39, 0.29) is 0 Å². The summed E-state index contributed by atoms with van der Waals surface area (Å²) in [5.74, 6) is 2.99. The molecule has 0 amide bonds. The van der Waals surface area contributed by atoms with Crippen LogP contribution in [0.5, 0.6) is 0 Å². The van der Waals surface area contributed by atoms with Gasteiger partial charge >= 0.3 is 0 Å². The Kier molecular flexibility index (Phi) is 3.38. The average Bonchev–Trinajstić information content (AvgIpc) is 2.61. The first-order valence-corrected chi connectivity index (χ1v) is 9.82. The highest BCUT2D eigenvalue weighted by Crippen LogP contribution is 2.60. The Labute approximate surface area is 151 Å². The van der Waals surface area contributed by atoms with Crippen molar-refractivity contribution in [2.75, 3.05) is 17.7 Å². The molecule has 2 aromatic rings. The summed E-state index contributed by atoms with van der Waals surface area (Å²) in [7, 11) is 2.10. The molecule has 4 saturated carbocycles. The van der Waals surface area contributed by atoms with Crippen molar-refractivity contribution in [2.45, 2.75) is 43.9 Å². The standard InChI is InChI=1S/C23H28N2/c1-25(22-5-3-2-4-21(22)24)20-8-6-19(7-9-20)23-13-16-10-17(14-23)12-18(11-16)15-23/h2-9,16-18H,10-15,24H2,1H3. The van der Waals surface area contributed by atoms with Gasteiger partial charge < -0.3 is 10.6 Å². The average molecular weight is 332 g/mol. The molecule has 0 spiro atoms. The summed E-state index contributed by atoms with van der Waals surface area (Å²) >= 11 is 0. The summed E-state index contributed by atoms with van der Waals surface area (Å²) in [5, 5.41) is 0. The van der Waals surface area contributed by atoms with Gasteiger partial charge in [-0.05, 0) is 91.5 Å². The fraction of sp³-hybridized carbons (Fsp3) is 0.478. The minimum absolute atomic E-state index is 0.484. The van der Waals surface area contributed by atoms with Crippen LogP contribution in [0.1, 0.15) is 44.1 Å². The first-order valence-electron chi connectivity index (χ1n) is 9.82. The molecule has 0 unspecified atom stereocenters. The summed E-state index contributed by atoms with van der Waals surface area (Å²) in [5.41, 5.74) is 11.3. The molecule has 6 rings (SSSR count). The number of nitrogens with two attached hydrogens (primary N) is 1. The Balaban J connectivity index is 1.43. The molecule has 0 saturated heterocycles. The van der Waals surface area contributed by atoms with Gasteiger partial charge in [0, 0.05) is 12.7 Å². The van der Waals surface area contributed by atoms with Gasteiger partial charge in [0.2, 0.25) is 0 Å². The van der Waals surface area contributed by atoms with Gasteiger partial charge in [0.15, 0.2) is 0 Å². The van der Waals surface area contributed by atoms with Crippen molar-refractivity contribution in [1.29, 1.82) is 0 Å². The van der Waals surface area contributed by atoms with E-state index in [0.717, 1.165) is 29.1 Å². The van der Waals surface area contributed by atoms with E-state index in [1.807, 2.05) is 18.2 Å². The molecule has 4 fully saturated rings. The second-order valence-electron chi connectivity index (χ2n) is 8.86. The zero-order chi connectivity index (χ0) is 17.0. The molecule has 2 nitrogen and oxygen atoms in total. The van der Waals surface area contributed by atoms with E-state index in [1.165, 1.54) is 44.2 Å². The fourth-order valence-electron chi connectivity index (χ4n) is 6.43. The van der Waals surface area contributed by atoms with Crippen molar-refractivity contribution in [3.63, 3.8) is 0 Å². The number of anilines is 3. The normalized spacial score (nSPS) is 32.8. The lowest BCUT2D eigenvalue weighted by atomic mass is 9.48. The number of para-hydroxylation sites is 2. The topological polar surface area (TPSA) is 29.3 Å². The van der Waals surface area contributed by atoms with Crippen molar-refractivity contribution < 1.29 is 0 Å². The van der Waals surface area contributed by atoms with E-state index < -0.39 is 0 Å². The lowest BCUT2D eigenvalue weighted by molar-refractivity contribution is -0.00518. The van der Waals surface area contributed by atoms with Gasteiger partial charge in [-0.15, -0.1) is 0 Å². The molecular formula is C23H28N2. The van der Waals surface area contributed by atoms with E-state index >= 15 is 0 Å². The highest BCUT2D eigenvalue weighted by Gasteiger charge is 2.51. The predicted octanol–water partition coefficient (Wildman–Crippen LogP) is 5.50. The Bertz CT molecular complexity index is 742. The zero-order valence-electron chi connectivity index (χ0n) is 15.1. The molecule has 4 aliphatic rings. The van der Waals surface area contributed by atoms with E-state index in [0.29, 0.717) is 5.41 Å². The third kappa shape index (κ3) is 2.46. The lowest BCUT2D eigenvalue weighted by Gasteiger charge is -2.57. The predicted molar refractivity (Wildman–Crippen MR) is 105 cm³/mol. The van der Waals surface area contributed by atoms with Crippen molar-refractivity contribution in [3.8, 4) is 0 Å². The van der Waals surface area contributed by atoms with E-state index in [2.05, 4.69) is 42.3 Å². The number of hydrogen-bond donors (Lipinski definition) is 1. The van der Waals surface area contributed by atoms with Gasteiger partial charge in [-0.1, -0.05) is 24.3 Å². The quantitative estimate of drug-likeness (QED) is 0.752. The summed E-state index contributed by atoms with van der Waals surface area (Å²) in [6.07, 6.45) is 8.81. The molecule has 0 aliphatic heterocycles. The van der Waals surface area contributed by atoms with Crippen LogP contribution in [0.15, 0.2) is 48.5 Å². The number of nitrogen functional groups attached to an aromatic ring is 1. The molecule has 130 valence electrons. The summed E-state index contributed by atoms with van der Waals surface area (Å²) in [6.45, 7) is 0. The molecular weight excluding hydrogens is 304 g/mol. The molecule has 2 aromatic carbocycles. The number of rotatable bonds is 3. The van der Waals surface area contributed by atoms with Crippen LogP contribution in [0.25, 0.3) is 0 Å². The van der Waals surface area contributed by atoms with Crippen LogP contribution in [0.3, 0.4) is 0 Å². The third-order valence-electron chi connectivity index (χ3n) is 7.20.